The van der Waals surface area contributed by atoms with Crippen molar-refractivity contribution in [3.8, 4) is 17.6 Å². The summed E-state index contributed by atoms with van der Waals surface area (Å²) in [5.41, 5.74) is 0.512. The Labute approximate surface area is 105 Å². The van der Waals surface area contributed by atoms with Crippen molar-refractivity contribution in [1.82, 2.24) is 0 Å². The van der Waals surface area contributed by atoms with Gasteiger partial charge in [-0.15, -0.1) is 0 Å². The van der Waals surface area contributed by atoms with Crippen molar-refractivity contribution in [2.45, 2.75) is 6.42 Å². The van der Waals surface area contributed by atoms with E-state index in [4.69, 9.17) is 0 Å². The molecule has 0 aliphatic heterocycles. The molecule has 0 unspecified atom stereocenters. The third kappa shape index (κ3) is 2.44. The lowest BCUT2D eigenvalue weighted by atomic mass is 10.1. The molecule has 0 spiro atoms. The van der Waals surface area contributed by atoms with E-state index in [9.17, 15) is 9.90 Å². The highest BCUT2D eigenvalue weighted by Gasteiger charge is 2.03. The first-order valence-corrected chi connectivity index (χ1v) is 5.49. The van der Waals surface area contributed by atoms with Gasteiger partial charge in [-0.3, -0.25) is 4.79 Å². The minimum absolute atomic E-state index is 0.0166. The maximum Gasteiger partial charge on any atom is 0.317 e. The SMILES string of the molecule is COC(=O)CC#Cc1ccc2ccccc2c1O. The van der Waals surface area contributed by atoms with Gasteiger partial charge in [-0.05, 0) is 11.5 Å². The third-order valence-electron chi connectivity index (χ3n) is 2.58. The van der Waals surface area contributed by atoms with E-state index in [0.717, 1.165) is 10.8 Å². The minimum atomic E-state index is -0.386. The number of aromatic hydroxyl groups is 1. The normalized spacial score (nSPS) is 9.61. The highest BCUT2D eigenvalue weighted by Crippen LogP contribution is 2.27. The Morgan fingerprint density at radius 2 is 2.06 bits per heavy atom. The van der Waals surface area contributed by atoms with Crippen molar-refractivity contribution in [2.24, 2.45) is 0 Å². The van der Waals surface area contributed by atoms with Crippen LogP contribution in [0.15, 0.2) is 36.4 Å². The van der Waals surface area contributed by atoms with Gasteiger partial charge in [0, 0.05) is 5.39 Å². The molecule has 0 bridgehead atoms. The molecule has 0 aliphatic carbocycles. The fraction of sp³-hybridized carbons (Fsp3) is 0.133. The molecule has 0 radical (unpaired) electrons. The molecule has 2 aromatic carbocycles. The Balaban J connectivity index is 2.35. The number of phenolic OH excluding ortho intramolecular Hbond substituents is 1. The Bertz CT molecular complexity index is 648. The van der Waals surface area contributed by atoms with E-state index < -0.39 is 0 Å². The second-order valence-electron chi connectivity index (χ2n) is 3.74. The van der Waals surface area contributed by atoms with Crippen molar-refractivity contribution < 1.29 is 14.6 Å². The van der Waals surface area contributed by atoms with Gasteiger partial charge < -0.3 is 9.84 Å². The van der Waals surface area contributed by atoms with Crippen LogP contribution in [-0.2, 0) is 9.53 Å². The average Bonchev–Trinajstić information content (AvgIpc) is 2.41. The topological polar surface area (TPSA) is 46.5 Å². The summed E-state index contributed by atoms with van der Waals surface area (Å²) in [6, 6.07) is 11.1. The Kier molecular flexibility index (Phi) is 3.49. The second-order valence-corrected chi connectivity index (χ2v) is 3.74. The fourth-order valence-corrected chi connectivity index (χ4v) is 1.64. The Morgan fingerprint density at radius 1 is 1.28 bits per heavy atom. The molecule has 0 aliphatic rings. The number of phenols is 1. The van der Waals surface area contributed by atoms with E-state index in [2.05, 4.69) is 16.6 Å². The van der Waals surface area contributed by atoms with E-state index >= 15 is 0 Å². The molecular weight excluding hydrogens is 228 g/mol. The molecular formula is C15H12O3. The quantitative estimate of drug-likeness (QED) is 0.615. The van der Waals surface area contributed by atoms with E-state index in [0.29, 0.717) is 5.56 Å². The summed E-state index contributed by atoms with van der Waals surface area (Å²) in [6.07, 6.45) is 0.0166. The van der Waals surface area contributed by atoms with Gasteiger partial charge in [0.2, 0.25) is 0 Å². The smallest absolute Gasteiger partial charge is 0.317 e. The van der Waals surface area contributed by atoms with Crippen LogP contribution in [0.25, 0.3) is 10.8 Å². The van der Waals surface area contributed by atoms with Crippen LogP contribution in [-0.4, -0.2) is 18.2 Å². The number of hydrogen-bond donors (Lipinski definition) is 1. The molecule has 0 aromatic heterocycles. The molecule has 90 valence electrons. The van der Waals surface area contributed by atoms with E-state index in [-0.39, 0.29) is 18.1 Å². The number of ether oxygens (including phenoxy) is 1. The lowest BCUT2D eigenvalue weighted by Crippen LogP contribution is -1.97. The average molecular weight is 240 g/mol. The van der Waals surface area contributed by atoms with Crippen molar-refractivity contribution in [2.75, 3.05) is 7.11 Å². The third-order valence-corrected chi connectivity index (χ3v) is 2.58. The molecule has 3 nitrogen and oxygen atoms in total. The van der Waals surface area contributed by atoms with E-state index in [1.54, 1.807) is 6.07 Å². The molecule has 18 heavy (non-hydrogen) atoms. The first-order chi connectivity index (χ1) is 8.72. The summed E-state index contributed by atoms with van der Waals surface area (Å²) in [4.78, 5) is 10.9. The summed E-state index contributed by atoms with van der Waals surface area (Å²) < 4.78 is 4.48. The summed E-state index contributed by atoms with van der Waals surface area (Å²) in [5.74, 6) is 5.20. The van der Waals surface area contributed by atoms with E-state index in [1.165, 1.54) is 7.11 Å². The Hall–Kier alpha value is -2.47. The number of carbonyl (C=O) groups is 1. The van der Waals surface area contributed by atoms with Crippen LogP contribution in [0.4, 0.5) is 0 Å². The molecule has 2 rings (SSSR count). The number of methoxy groups -OCH3 is 1. The molecule has 0 atom stereocenters. The van der Waals surface area contributed by atoms with Gasteiger partial charge in [-0.1, -0.05) is 42.2 Å². The van der Waals surface area contributed by atoms with E-state index in [1.807, 2.05) is 30.3 Å². The number of carbonyl (C=O) groups excluding carboxylic acids is 1. The number of fused-ring (bicyclic) bond motifs is 1. The summed E-state index contributed by atoms with van der Waals surface area (Å²) in [6.45, 7) is 0. The van der Waals surface area contributed by atoms with Gasteiger partial charge in [0.15, 0.2) is 0 Å². The maximum atomic E-state index is 10.9. The van der Waals surface area contributed by atoms with Crippen LogP contribution >= 0.6 is 0 Å². The highest BCUT2D eigenvalue weighted by molar-refractivity contribution is 5.90. The standard InChI is InChI=1S/C15H12O3/c1-18-14(16)8-4-6-12-10-9-11-5-2-3-7-13(11)15(12)17/h2-3,5,7,9-10,17H,8H2,1H3. The van der Waals surface area contributed by atoms with Crippen molar-refractivity contribution in [3.63, 3.8) is 0 Å². The zero-order valence-corrected chi connectivity index (χ0v) is 9.93. The summed E-state index contributed by atoms with van der Waals surface area (Å²) >= 11 is 0. The van der Waals surface area contributed by atoms with Gasteiger partial charge >= 0.3 is 5.97 Å². The molecule has 0 fully saturated rings. The van der Waals surface area contributed by atoms with Crippen LogP contribution in [0.1, 0.15) is 12.0 Å². The number of hydrogen-bond acceptors (Lipinski definition) is 3. The van der Waals surface area contributed by atoms with Gasteiger partial charge in [-0.2, -0.15) is 0 Å². The van der Waals surface area contributed by atoms with Crippen LogP contribution in [0.2, 0.25) is 0 Å². The first kappa shape index (κ1) is 12.0. The number of esters is 1. The van der Waals surface area contributed by atoms with Crippen LogP contribution in [0, 0.1) is 11.8 Å². The molecule has 2 aromatic rings. The zero-order valence-electron chi connectivity index (χ0n) is 9.93. The summed E-state index contributed by atoms with van der Waals surface area (Å²) in [5, 5.41) is 11.8. The van der Waals surface area contributed by atoms with Crippen LogP contribution < -0.4 is 0 Å². The van der Waals surface area contributed by atoms with Gasteiger partial charge in [0.1, 0.15) is 12.2 Å². The predicted octanol–water partition coefficient (Wildman–Crippen LogP) is 2.46. The molecule has 3 heteroatoms. The summed E-state index contributed by atoms with van der Waals surface area (Å²) in [7, 11) is 1.32. The lowest BCUT2D eigenvalue weighted by Gasteiger charge is -2.02. The molecule has 0 amide bonds. The van der Waals surface area contributed by atoms with Crippen molar-refractivity contribution in [1.29, 1.82) is 0 Å². The van der Waals surface area contributed by atoms with Crippen molar-refractivity contribution >= 4 is 16.7 Å². The number of rotatable bonds is 1. The fourth-order valence-electron chi connectivity index (χ4n) is 1.64. The second kappa shape index (κ2) is 5.24. The monoisotopic (exact) mass is 240 g/mol. The predicted molar refractivity (Wildman–Crippen MR) is 69.1 cm³/mol. The molecule has 0 heterocycles. The molecule has 1 N–H and O–H groups in total. The van der Waals surface area contributed by atoms with Gasteiger partial charge in [0.25, 0.3) is 0 Å². The van der Waals surface area contributed by atoms with Crippen LogP contribution in [0.3, 0.4) is 0 Å². The highest BCUT2D eigenvalue weighted by atomic mass is 16.5. The molecule has 0 saturated carbocycles. The lowest BCUT2D eigenvalue weighted by molar-refractivity contribution is -0.139. The van der Waals surface area contributed by atoms with Crippen LogP contribution in [0.5, 0.6) is 5.75 Å². The molecule has 0 saturated heterocycles. The number of benzene rings is 2. The largest absolute Gasteiger partial charge is 0.506 e. The first-order valence-electron chi connectivity index (χ1n) is 5.49. The minimum Gasteiger partial charge on any atom is -0.506 e. The van der Waals surface area contributed by atoms with Crippen molar-refractivity contribution in [3.05, 3.63) is 42.0 Å². The zero-order chi connectivity index (χ0) is 13.0. The maximum absolute atomic E-state index is 10.9. The van der Waals surface area contributed by atoms with Gasteiger partial charge in [0.05, 0.1) is 12.7 Å². The Morgan fingerprint density at radius 3 is 2.83 bits per heavy atom. The van der Waals surface area contributed by atoms with Gasteiger partial charge in [-0.25, -0.2) is 0 Å².